The first-order valence-electron chi connectivity index (χ1n) is 10.2. The number of anilines is 1. The summed E-state index contributed by atoms with van der Waals surface area (Å²) in [7, 11) is -7.21. The van der Waals surface area contributed by atoms with Gasteiger partial charge in [-0.15, -0.1) is 0 Å². The van der Waals surface area contributed by atoms with Crippen molar-refractivity contribution in [2.24, 2.45) is 0 Å². The molecule has 0 radical (unpaired) electrons. The normalized spacial score (nSPS) is 19.4. The summed E-state index contributed by atoms with van der Waals surface area (Å²) < 4.78 is 50.6. The number of rotatable bonds is 5. The van der Waals surface area contributed by atoms with Gasteiger partial charge < -0.3 is 10.7 Å². The summed E-state index contributed by atoms with van der Waals surface area (Å²) in [5, 5.41) is 0.537. The molecule has 2 aromatic heterocycles. The Morgan fingerprint density at radius 1 is 1.15 bits per heavy atom. The van der Waals surface area contributed by atoms with Gasteiger partial charge in [0.1, 0.15) is 10.3 Å². The number of aromatic nitrogens is 2. The van der Waals surface area contributed by atoms with Gasteiger partial charge in [0.2, 0.25) is 10.0 Å². The number of nitrogens with zero attached hydrogens (tertiary/aromatic N) is 1. The minimum atomic E-state index is -3.99. The Bertz CT molecular complexity index is 1610. The molecule has 3 aromatic rings. The fourth-order valence-electron chi connectivity index (χ4n) is 4.14. The quantitative estimate of drug-likeness (QED) is 0.532. The summed E-state index contributed by atoms with van der Waals surface area (Å²) in [5.41, 5.74) is 8.80. The number of H-pyrrole nitrogens is 1. The zero-order chi connectivity index (χ0) is 24.2. The Labute approximate surface area is 192 Å². The largest absolute Gasteiger partial charge is 0.398 e. The molecule has 1 aromatic carbocycles. The lowest BCUT2D eigenvalue weighted by molar-refractivity contribution is 0.547. The number of allylic oxidation sites excluding steroid dienone is 3. The second-order valence-corrected chi connectivity index (χ2v) is 13.0. The van der Waals surface area contributed by atoms with E-state index in [1.54, 1.807) is 56.3 Å². The van der Waals surface area contributed by atoms with Gasteiger partial charge in [-0.1, -0.05) is 18.2 Å². The van der Waals surface area contributed by atoms with Crippen molar-refractivity contribution < 1.29 is 16.8 Å². The molecule has 0 bridgehead atoms. The van der Waals surface area contributed by atoms with Gasteiger partial charge in [0.25, 0.3) is 5.56 Å². The monoisotopic (exact) mass is 487 g/mol. The van der Waals surface area contributed by atoms with Gasteiger partial charge in [0.15, 0.2) is 9.84 Å². The first kappa shape index (κ1) is 23.1. The smallest absolute Gasteiger partial charge is 0.273 e. The minimum Gasteiger partial charge on any atom is -0.398 e. The molecule has 2 heterocycles. The van der Waals surface area contributed by atoms with Crippen molar-refractivity contribution in [3.05, 3.63) is 81.9 Å². The van der Waals surface area contributed by atoms with Gasteiger partial charge >= 0.3 is 0 Å². The van der Waals surface area contributed by atoms with E-state index in [4.69, 9.17) is 5.73 Å². The van der Waals surface area contributed by atoms with Crippen LogP contribution >= 0.6 is 0 Å². The van der Waals surface area contributed by atoms with Crippen LogP contribution in [0.1, 0.15) is 31.4 Å². The lowest BCUT2D eigenvalue weighted by atomic mass is 9.87. The Morgan fingerprint density at radius 3 is 2.55 bits per heavy atom. The van der Waals surface area contributed by atoms with Crippen molar-refractivity contribution in [1.82, 2.24) is 8.96 Å². The standard InChI is InChI=1S/C23H25N3O5S2/c1-15-12-18(19-13-16(4-5-20(19)24)14-32(3,28)29)6-9-23(15,2)33(30,31)26-11-8-17-7-10-25-22(27)21(17)26/h4-8,10-13H,9,14,24H2,1-3H3,(H,25,27). The minimum absolute atomic E-state index is 0.0824. The second kappa shape index (κ2) is 7.74. The van der Waals surface area contributed by atoms with Gasteiger partial charge in [-0.2, -0.15) is 0 Å². The van der Waals surface area contributed by atoms with E-state index in [2.05, 4.69) is 4.98 Å². The molecule has 8 nitrogen and oxygen atoms in total. The topological polar surface area (TPSA) is 132 Å². The Kier molecular flexibility index (Phi) is 5.41. The number of hydrogen-bond acceptors (Lipinski definition) is 6. The van der Waals surface area contributed by atoms with Gasteiger partial charge in [-0.05, 0) is 61.2 Å². The number of benzene rings is 1. The molecule has 3 N–H and O–H groups in total. The highest BCUT2D eigenvalue weighted by atomic mass is 32.2. The van der Waals surface area contributed by atoms with Crippen LogP contribution in [0.2, 0.25) is 0 Å². The van der Waals surface area contributed by atoms with E-state index in [1.807, 2.05) is 0 Å². The maximum Gasteiger partial charge on any atom is 0.273 e. The summed E-state index contributed by atoms with van der Waals surface area (Å²) >= 11 is 0. The molecule has 1 atom stereocenters. The molecule has 33 heavy (non-hydrogen) atoms. The van der Waals surface area contributed by atoms with Gasteiger partial charge in [0.05, 0.1) is 5.75 Å². The first-order valence-corrected chi connectivity index (χ1v) is 13.7. The Balaban J connectivity index is 1.76. The highest BCUT2D eigenvalue weighted by Crippen LogP contribution is 2.40. The van der Waals surface area contributed by atoms with Crippen LogP contribution in [0.25, 0.3) is 16.5 Å². The summed E-state index contributed by atoms with van der Waals surface area (Å²) in [5.74, 6) is -0.113. The molecule has 0 spiro atoms. The predicted molar refractivity (Wildman–Crippen MR) is 131 cm³/mol. The fraction of sp³-hybridized carbons (Fsp3) is 0.261. The number of fused-ring (bicyclic) bond motifs is 1. The average Bonchev–Trinajstić information content (AvgIpc) is 3.17. The van der Waals surface area contributed by atoms with Crippen LogP contribution in [0.4, 0.5) is 5.69 Å². The SMILES string of the molecule is CC1=CC(c2cc(CS(C)(=O)=O)ccc2N)=CCC1(C)S(=O)(=O)n1ccc2cc[nH]c(=O)c21. The number of pyridine rings is 1. The molecule has 4 rings (SSSR count). The van der Waals surface area contributed by atoms with Crippen LogP contribution in [0.5, 0.6) is 0 Å². The molecular weight excluding hydrogens is 462 g/mol. The second-order valence-electron chi connectivity index (χ2n) is 8.64. The van der Waals surface area contributed by atoms with Gasteiger partial charge in [-0.25, -0.2) is 20.8 Å². The predicted octanol–water partition coefficient (Wildman–Crippen LogP) is 2.83. The molecular formula is C23H25N3O5S2. The van der Waals surface area contributed by atoms with E-state index in [9.17, 15) is 21.6 Å². The van der Waals surface area contributed by atoms with E-state index in [0.717, 1.165) is 9.55 Å². The third-order valence-corrected chi connectivity index (χ3v) is 9.49. The summed E-state index contributed by atoms with van der Waals surface area (Å²) in [6.07, 6.45) is 7.75. The molecule has 0 aliphatic heterocycles. The summed E-state index contributed by atoms with van der Waals surface area (Å²) in [4.78, 5) is 14.9. The lowest BCUT2D eigenvalue weighted by Gasteiger charge is -2.33. The lowest BCUT2D eigenvalue weighted by Crippen LogP contribution is -2.41. The molecule has 0 saturated carbocycles. The number of nitrogens with one attached hydrogen (secondary N) is 1. The number of nitrogens with two attached hydrogens (primary N) is 1. The van der Waals surface area contributed by atoms with Crippen LogP contribution in [-0.2, 0) is 25.6 Å². The highest BCUT2D eigenvalue weighted by molar-refractivity contribution is 7.91. The number of sulfone groups is 1. The number of hydrogen-bond donors (Lipinski definition) is 2. The van der Waals surface area contributed by atoms with Crippen LogP contribution < -0.4 is 11.3 Å². The molecule has 0 fully saturated rings. The zero-order valence-electron chi connectivity index (χ0n) is 18.5. The first-order chi connectivity index (χ1) is 15.3. The van der Waals surface area contributed by atoms with Crippen molar-refractivity contribution in [3.63, 3.8) is 0 Å². The number of aromatic amines is 1. The average molecular weight is 488 g/mol. The summed E-state index contributed by atoms with van der Waals surface area (Å²) in [6, 6.07) is 8.30. The van der Waals surface area contributed by atoms with Crippen LogP contribution in [0.15, 0.2) is 65.2 Å². The van der Waals surface area contributed by atoms with Gasteiger partial charge in [-0.3, -0.25) is 4.79 Å². The molecule has 174 valence electrons. The van der Waals surface area contributed by atoms with Gasteiger partial charge in [0, 0.05) is 35.3 Å². The van der Waals surface area contributed by atoms with Crippen molar-refractivity contribution in [2.45, 2.75) is 30.8 Å². The zero-order valence-corrected chi connectivity index (χ0v) is 20.1. The summed E-state index contributed by atoms with van der Waals surface area (Å²) in [6.45, 7) is 3.37. The van der Waals surface area contributed by atoms with E-state index in [1.165, 1.54) is 18.6 Å². The van der Waals surface area contributed by atoms with Crippen LogP contribution in [-0.4, -0.2) is 36.8 Å². The van der Waals surface area contributed by atoms with Crippen molar-refractivity contribution in [2.75, 3.05) is 12.0 Å². The molecule has 1 aliphatic rings. The Hall–Kier alpha value is -3.11. The molecule has 0 amide bonds. The van der Waals surface area contributed by atoms with E-state index >= 15 is 0 Å². The van der Waals surface area contributed by atoms with Crippen molar-refractivity contribution >= 4 is 42.0 Å². The van der Waals surface area contributed by atoms with Crippen molar-refractivity contribution in [1.29, 1.82) is 0 Å². The fourth-order valence-corrected chi connectivity index (χ4v) is 6.77. The van der Waals surface area contributed by atoms with Crippen LogP contribution in [0, 0.1) is 0 Å². The third kappa shape index (κ3) is 3.93. The molecule has 10 heteroatoms. The number of nitrogen functional groups attached to an aromatic ring is 1. The van der Waals surface area contributed by atoms with E-state index in [-0.39, 0.29) is 17.7 Å². The molecule has 1 aliphatic carbocycles. The molecule has 0 saturated heterocycles. The Morgan fingerprint density at radius 2 is 1.88 bits per heavy atom. The maximum absolute atomic E-state index is 13.7. The maximum atomic E-state index is 13.7. The third-order valence-electron chi connectivity index (χ3n) is 6.18. The van der Waals surface area contributed by atoms with Crippen molar-refractivity contribution in [3.8, 4) is 0 Å². The van der Waals surface area contributed by atoms with Crippen LogP contribution in [0.3, 0.4) is 0 Å². The highest BCUT2D eigenvalue weighted by Gasteiger charge is 2.43. The molecule has 1 unspecified atom stereocenters. The van der Waals surface area contributed by atoms with E-state index < -0.39 is 30.2 Å². The van der Waals surface area contributed by atoms with E-state index in [0.29, 0.717) is 27.8 Å².